The van der Waals surface area contributed by atoms with Crippen molar-refractivity contribution >= 4 is 31.1 Å². The Labute approximate surface area is 206 Å². The van der Waals surface area contributed by atoms with Gasteiger partial charge in [-0.15, -0.1) is 0 Å². The van der Waals surface area contributed by atoms with Gasteiger partial charge >= 0.3 is 35.5 Å². The maximum Gasteiger partial charge on any atom is 1.00 e. The fraction of sp³-hybridized carbons (Fsp3) is 0.900. The van der Waals surface area contributed by atoms with Crippen LogP contribution in [-0.4, -0.2) is 39.2 Å². The number of unbranched alkanes of at least 4 members (excludes halogenated alkanes) is 10. The fourth-order valence-corrected chi connectivity index (χ4v) is 6.52. The first kappa shape index (κ1) is 32.2. The van der Waals surface area contributed by atoms with Crippen LogP contribution in [0.15, 0.2) is 0 Å². The van der Waals surface area contributed by atoms with Gasteiger partial charge in [0.05, 0.1) is 0 Å². The molecule has 0 aromatic rings. The van der Waals surface area contributed by atoms with Gasteiger partial charge in [0.25, 0.3) is 10.1 Å². The Kier molecular flexibility index (Phi) is 21.2. The summed E-state index contributed by atoms with van der Waals surface area (Å²) in [4.78, 5) is 23.0. The largest absolute Gasteiger partial charge is 1.00 e. The first-order chi connectivity index (χ1) is 13.7. The summed E-state index contributed by atoms with van der Waals surface area (Å²) in [6.07, 6.45) is 12.2. The number of rotatable bonds is 19. The number of carboxylic acids is 1. The summed E-state index contributed by atoms with van der Waals surface area (Å²) < 4.78 is 37.4. The molecule has 0 bridgehead atoms. The molecule has 1 N–H and O–H groups in total. The average Bonchev–Trinajstić information content (AvgIpc) is 2.63. The van der Waals surface area contributed by atoms with Crippen LogP contribution >= 0.6 is 0 Å². The van der Waals surface area contributed by atoms with Crippen molar-refractivity contribution in [1.29, 1.82) is 0 Å². The summed E-state index contributed by atoms with van der Waals surface area (Å²) in [6, 6.07) is 1.49. The van der Waals surface area contributed by atoms with E-state index in [0.717, 1.165) is 50.6 Å². The van der Waals surface area contributed by atoms with Crippen LogP contribution in [0, 0.1) is 0 Å². The van der Waals surface area contributed by atoms with E-state index in [1.54, 1.807) is 0 Å². The van der Waals surface area contributed by atoms with Gasteiger partial charge in [-0.05, 0) is 12.1 Å². The predicted molar refractivity (Wildman–Crippen MR) is 115 cm³/mol. The zero-order valence-corrected chi connectivity index (χ0v) is 23.0. The van der Waals surface area contributed by atoms with Crippen LogP contribution in [-0.2, 0) is 24.1 Å². The summed E-state index contributed by atoms with van der Waals surface area (Å²) in [7, 11) is -6.87. The molecule has 0 fully saturated rings. The number of hydrogen-bond acceptors (Lipinski definition) is 6. The van der Waals surface area contributed by atoms with Crippen molar-refractivity contribution in [3.63, 3.8) is 0 Å². The Balaban J connectivity index is 0. The zero-order chi connectivity index (χ0) is 22.1. The van der Waals surface area contributed by atoms with Crippen molar-refractivity contribution in [2.75, 3.05) is 0 Å². The third kappa shape index (κ3) is 17.7. The molecule has 30 heavy (non-hydrogen) atoms. The molecular formula is C20H39NaO7SSi. The van der Waals surface area contributed by atoms with Crippen molar-refractivity contribution in [3.05, 3.63) is 0 Å². The van der Waals surface area contributed by atoms with Gasteiger partial charge in [0.2, 0.25) is 9.04 Å². The molecule has 0 aromatic carbocycles. The molecule has 0 spiro atoms. The van der Waals surface area contributed by atoms with Gasteiger partial charge < -0.3 is 14.3 Å². The molecule has 1 unspecified atom stereocenters. The van der Waals surface area contributed by atoms with Crippen molar-refractivity contribution in [3.8, 4) is 0 Å². The van der Waals surface area contributed by atoms with Crippen molar-refractivity contribution in [1.82, 2.24) is 0 Å². The molecular weight excluding hydrogens is 435 g/mol. The molecule has 172 valence electrons. The maximum absolute atomic E-state index is 12.3. The molecule has 0 saturated carbocycles. The minimum Gasteiger partial charge on any atom is -0.550 e. The Hall–Kier alpha value is 0.0669. The van der Waals surface area contributed by atoms with Crippen LogP contribution < -0.4 is 34.7 Å². The maximum atomic E-state index is 12.3. The quantitative estimate of drug-likeness (QED) is 0.163. The van der Waals surface area contributed by atoms with E-state index in [9.17, 15) is 27.7 Å². The van der Waals surface area contributed by atoms with Gasteiger partial charge in [-0.3, -0.25) is 9.35 Å². The number of carbonyl (C=O) groups is 2. The standard InChI is InChI=1S/C20H40O7SSi.Na/c1-3-5-7-9-11-13-15-29(16-14-12-10-8-6-4-2)27-20(23)18(17-19(21)22)28(24,25)26;/h18,29H,3-17H2,1-2H3,(H,21,22)(H,24,25,26);/q;+1/p-1. The van der Waals surface area contributed by atoms with E-state index in [0.29, 0.717) is 0 Å². The number of carboxylic acid groups (broad SMARTS) is 1. The van der Waals surface area contributed by atoms with E-state index in [1.165, 1.54) is 38.5 Å². The van der Waals surface area contributed by atoms with E-state index in [-0.39, 0.29) is 29.6 Å². The van der Waals surface area contributed by atoms with Crippen LogP contribution in [0.25, 0.3) is 0 Å². The molecule has 0 rings (SSSR count). The van der Waals surface area contributed by atoms with Gasteiger partial charge in [-0.25, -0.2) is 0 Å². The normalized spacial score (nSPS) is 12.4. The van der Waals surface area contributed by atoms with E-state index < -0.39 is 42.8 Å². The Morgan fingerprint density at radius 3 is 1.63 bits per heavy atom. The predicted octanol–water partition coefficient (Wildman–Crippen LogP) is 0.375. The smallest absolute Gasteiger partial charge is 0.550 e. The summed E-state index contributed by atoms with van der Waals surface area (Å²) in [6.45, 7) is 4.31. The molecule has 0 aliphatic carbocycles. The van der Waals surface area contributed by atoms with Crippen molar-refractivity contribution < 1.29 is 61.6 Å². The van der Waals surface area contributed by atoms with E-state index in [2.05, 4.69) is 13.8 Å². The Morgan fingerprint density at radius 1 is 0.867 bits per heavy atom. The molecule has 7 nitrogen and oxygen atoms in total. The minimum absolute atomic E-state index is 0. The first-order valence-electron chi connectivity index (χ1n) is 11.1. The van der Waals surface area contributed by atoms with Gasteiger partial charge in [0.15, 0.2) is 5.25 Å². The monoisotopic (exact) mass is 474 g/mol. The number of hydrogen-bond donors (Lipinski definition) is 1. The molecule has 1 atom stereocenters. The summed E-state index contributed by atoms with van der Waals surface area (Å²) in [5.41, 5.74) is 0. The SMILES string of the molecule is CCCCCCCC[SiH](CCCCCCCC)OC(=O)C(CC(=O)[O-])S(=O)(=O)O.[Na+]. The third-order valence-electron chi connectivity index (χ3n) is 5.02. The van der Waals surface area contributed by atoms with Crippen LogP contribution in [0.1, 0.15) is 97.3 Å². The van der Waals surface area contributed by atoms with Gasteiger partial charge in [0, 0.05) is 12.4 Å². The van der Waals surface area contributed by atoms with E-state index in [4.69, 9.17) is 4.43 Å². The molecule has 0 aliphatic heterocycles. The average molecular weight is 475 g/mol. The summed E-state index contributed by atoms with van der Waals surface area (Å²) in [5, 5.41) is 8.66. The van der Waals surface area contributed by atoms with E-state index in [1.807, 2.05) is 0 Å². The second-order valence-electron chi connectivity index (χ2n) is 7.75. The molecule has 0 aromatic heterocycles. The van der Waals surface area contributed by atoms with Crippen molar-refractivity contribution in [2.45, 2.75) is 115 Å². The Bertz CT molecular complexity index is 541. The van der Waals surface area contributed by atoms with Crippen LogP contribution in [0.5, 0.6) is 0 Å². The molecule has 0 radical (unpaired) electrons. The minimum atomic E-state index is -4.85. The van der Waals surface area contributed by atoms with Gasteiger partial charge in [-0.2, -0.15) is 8.42 Å². The third-order valence-corrected chi connectivity index (χ3v) is 8.76. The second kappa shape index (κ2) is 19.7. The Morgan fingerprint density at radius 2 is 1.27 bits per heavy atom. The molecule has 0 heterocycles. The van der Waals surface area contributed by atoms with Crippen LogP contribution in [0.3, 0.4) is 0 Å². The van der Waals surface area contributed by atoms with E-state index >= 15 is 0 Å². The molecule has 0 aliphatic rings. The first-order valence-corrected chi connectivity index (χ1v) is 14.7. The fourth-order valence-electron chi connectivity index (χ4n) is 3.27. The number of carbonyl (C=O) groups excluding carboxylic acids is 2. The van der Waals surface area contributed by atoms with Crippen LogP contribution in [0.4, 0.5) is 0 Å². The van der Waals surface area contributed by atoms with Gasteiger partial charge in [-0.1, -0.05) is 90.9 Å². The topological polar surface area (TPSA) is 121 Å². The number of aliphatic carboxylic acids is 1. The molecule has 0 saturated heterocycles. The van der Waals surface area contributed by atoms with Crippen LogP contribution in [0.2, 0.25) is 12.1 Å². The zero-order valence-electron chi connectivity index (χ0n) is 19.1. The summed E-state index contributed by atoms with van der Waals surface area (Å²) >= 11 is 0. The molecule has 10 heteroatoms. The summed E-state index contributed by atoms with van der Waals surface area (Å²) in [5.74, 6) is -2.86. The second-order valence-corrected chi connectivity index (χ2v) is 12.0. The molecule has 0 amide bonds. The van der Waals surface area contributed by atoms with Crippen molar-refractivity contribution in [2.24, 2.45) is 0 Å². The van der Waals surface area contributed by atoms with Gasteiger partial charge in [0.1, 0.15) is 0 Å².